The van der Waals surface area contributed by atoms with Crippen molar-refractivity contribution in [2.75, 3.05) is 6.61 Å². The van der Waals surface area contributed by atoms with Crippen LogP contribution in [0.5, 0.6) is 0 Å². The minimum atomic E-state index is -1.80. The molecule has 7 amide bonds. The van der Waals surface area contributed by atoms with E-state index in [9.17, 15) is 58.5 Å². The van der Waals surface area contributed by atoms with Gasteiger partial charge in [0.2, 0.25) is 41.4 Å². The molecule has 20 heteroatoms. The summed E-state index contributed by atoms with van der Waals surface area (Å²) in [5, 5.41) is 52.2. The SMILES string of the molecule is CC[C@H](C)[C@H](NC(=O)[C@H](CO)NC(=O)[C@@H](NC(=O)[C@H](CCC(N)=O)NC(=O)[C@H](CC(C)C)NC(=O)[C@H](CC(=O)O)NC(C)=O)[C@@H](C)O)C(=O)O. The van der Waals surface area contributed by atoms with E-state index in [-0.39, 0.29) is 12.3 Å². The number of hydrogen-bond acceptors (Lipinski definition) is 11. The zero-order valence-corrected chi connectivity index (χ0v) is 29.0. The molecule has 0 radical (unpaired) electrons. The number of aliphatic carboxylic acids is 2. The van der Waals surface area contributed by atoms with Crippen molar-refractivity contribution in [3.8, 4) is 0 Å². The molecular weight excluding hydrogens is 666 g/mol. The van der Waals surface area contributed by atoms with E-state index in [2.05, 4.69) is 31.9 Å². The molecule has 0 rings (SSSR count). The number of rotatable bonds is 23. The maximum atomic E-state index is 13.4. The molecule has 50 heavy (non-hydrogen) atoms. The highest BCUT2D eigenvalue weighted by molar-refractivity contribution is 5.97. The fourth-order valence-corrected chi connectivity index (χ4v) is 4.48. The number of hydrogen-bond donors (Lipinski definition) is 11. The average Bonchev–Trinajstić information content (AvgIpc) is 3.00. The van der Waals surface area contributed by atoms with Gasteiger partial charge < -0.3 is 58.1 Å². The molecule has 0 aromatic rings. The van der Waals surface area contributed by atoms with E-state index < -0.39 is 127 Å². The Morgan fingerprint density at radius 2 is 1.14 bits per heavy atom. The maximum absolute atomic E-state index is 13.4. The van der Waals surface area contributed by atoms with Gasteiger partial charge in [-0.3, -0.25) is 38.4 Å². The standard InChI is InChI=1S/C30H51N7O13/c1-7-14(4)23(30(49)50)36-28(47)20(12-38)35-29(48)24(15(5)39)37-25(44)17(8-9-21(31)41)33-26(45)18(10-13(2)3)34-27(46)19(11-22(42)43)32-16(6)40/h13-15,17-20,23-24,38-39H,7-12H2,1-6H3,(H2,31,41)(H,32,40)(H,33,45)(H,34,46)(H,35,48)(H,36,47)(H,37,44)(H,42,43)(H,49,50)/t14-,15+,17-,18-,19-,20-,23-,24-/m0/s1. The lowest BCUT2D eigenvalue weighted by molar-refractivity contribution is -0.144. The second-order valence-corrected chi connectivity index (χ2v) is 12.3. The number of aliphatic hydroxyl groups excluding tert-OH is 2. The van der Waals surface area contributed by atoms with Crippen LogP contribution in [-0.2, 0) is 43.2 Å². The summed E-state index contributed by atoms with van der Waals surface area (Å²) in [5.41, 5.74) is 5.23. The Kier molecular flexibility index (Phi) is 19.9. The molecule has 0 aliphatic heterocycles. The zero-order chi connectivity index (χ0) is 38.9. The minimum Gasteiger partial charge on any atom is -0.481 e. The van der Waals surface area contributed by atoms with Crippen molar-refractivity contribution < 1.29 is 63.6 Å². The summed E-state index contributed by atoms with van der Waals surface area (Å²) in [4.78, 5) is 111. The molecule has 284 valence electrons. The van der Waals surface area contributed by atoms with Crippen molar-refractivity contribution in [1.82, 2.24) is 31.9 Å². The highest BCUT2D eigenvalue weighted by atomic mass is 16.4. The highest BCUT2D eigenvalue weighted by Gasteiger charge is 2.35. The van der Waals surface area contributed by atoms with E-state index in [1.165, 1.54) is 0 Å². The van der Waals surface area contributed by atoms with E-state index in [0.29, 0.717) is 6.42 Å². The van der Waals surface area contributed by atoms with Gasteiger partial charge in [0.1, 0.15) is 36.3 Å². The van der Waals surface area contributed by atoms with Gasteiger partial charge in [0, 0.05) is 13.3 Å². The first-order valence-electron chi connectivity index (χ1n) is 16.0. The number of aliphatic hydroxyl groups is 2. The van der Waals surface area contributed by atoms with Gasteiger partial charge in [-0.2, -0.15) is 0 Å². The predicted octanol–water partition coefficient (Wildman–Crippen LogP) is -3.79. The van der Waals surface area contributed by atoms with Crippen molar-refractivity contribution in [2.45, 2.75) is 116 Å². The number of carbonyl (C=O) groups is 9. The van der Waals surface area contributed by atoms with E-state index in [4.69, 9.17) is 10.8 Å². The lowest BCUT2D eigenvalue weighted by Crippen LogP contribution is -2.62. The maximum Gasteiger partial charge on any atom is 0.326 e. The Labute approximate surface area is 289 Å². The monoisotopic (exact) mass is 717 g/mol. The van der Waals surface area contributed by atoms with Crippen molar-refractivity contribution in [1.29, 1.82) is 0 Å². The second kappa shape index (κ2) is 22.0. The topological polar surface area (TPSA) is 333 Å². The van der Waals surface area contributed by atoms with Gasteiger partial charge in [-0.15, -0.1) is 0 Å². The van der Waals surface area contributed by atoms with Crippen LogP contribution < -0.4 is 37.6 Å². The molecule has 0 aromatic carbocycles. The van der Waals surface area contributed by atoms with E-state index in [1.807, 2.05) is 0 Å². The lowest BCUT2D eigenvalue weighted by atomic mass is 9.99. The Bertz CT molecular complexity index is 1230. The molecule has 20 nitrogen and oxygen atoms in total. The molecule has 0 aromatic heterocycles. The number of carboxylic acids is 2. The van der Waals surface area contributed by atoms with Gasteiger partial charge >= 0.3 is 11.9 Å². The van der Waals surface area contributed by atoms with Crippen LogP contribution in [-0.4, -0.2) is 123 Å². The normalized spacial score (nSPS) is 15.8. The largest absolute Gasteiger partial charge is 0.481 e. The van der Waals surface area contributed by atoms with Gasteiger partial charge in [0.15, 0.2) is 0 Å². The molecular formula is C30H51N7O13. The van der Waals surface area contributed by atoms with Crippen molar-refractivity contribution in [2.24, 2.45) is 17.6 Å². The smallest absolute Gasteiger partial charge is 0.326 e. The van der Waals surface area contributed by atoms with E-state index in [0.717, 1.165) is 13.8 Å². The van der Waals surface area contributed by atoms with Crippen LogP contribution in [0.4, 0.5) is 0 Å². The van der Waals surface area contributed by atoms with Crippen LogP contribution in [0.2, 0.25) is 0 Å². The zero-order valence-electron chi connectivity index (χ0n) is 29.0. The van der Waals surface area contributed by atoms with Crippen molar-refractivity contribution >= 4 is 53.3 Å². The molecule has 8 atom stereocenters. The lowest BCUT2D eigenvalue weighted by Gasteiger charge is -2.28. The van der Waals surface area contributed by atoms with Gasteiger partial charge in [-0.05, 0) is 31.6 Å². The molecule has 0 saturated carbocycles. The molecule has 0 unspecified atom stereocenters. The van der Waals surface area contributed by atoms with Gasteiger partial charge in [0.05, 0.1) is 19.1 Å². The Balaban J connectivity index is 6.13. The van der Waals surface area contributed by atoms with Crippen LogP contribution >= 0.6 is 0 Å². The van der Waals surface area contributed by atoms with E-state index in [1.54, 1.807) is 27.7 Å². The quantitative estimate of drug-likeness (QED) is 0.0484. The second-order valence-electron chi connectivity index (χ2n) is 12.3. The fourth-order valence-electron chi connectivity index (χ4n) is 4.48. The van der Waals surface area contributed by atoms with E-state index >= 15 is 0 Å². The summed E-state index contributed by atoms with van der Waals surface area (Å²) >= 11 is 0. The molecule has 0 spiro atoms. The number of nitrogens with two attached hydrogens (primary N) is 1. The molecule has 0 aliphatic rings. The van der Waals surface area contributed by atoms with Crippen molar-refractivity contribution in [3.05, 3.63) is 0 Å². The van der Waals surface area contributed by atoms with Gasteiger partial charge in [-0.25, -0.2) is 4.79 Å². The average molecular weight is 718 g/mol. The number of carboxylic acid groups (broad SMARTS) is 2. The fraction of sp³-hybridized carbons (Fsp3) is 0.700. The molecule has 0 fully saturated rings. The van der Waals surface area contributed by atoms with Crippen LogP contribution in [0.3, 0.4) is 0 Å². The first kappa shape index (κ1) is 45.2. The van der Waals surface area contributed by atoms with Crippen LogP contribution in [0, 0.1) is 11.8 Å². The predicted molar refractivity (Wildman–Crippen MR) is 173 cm³/mol. The Hall–Kier alpha value is -4.85. The third kappa shape index (κ3) is 16.5. The summed E-state index contributed by atoms with van der Waals surface area (Å²) in [6, 6.07) is -9.35. The summed E-state index contributed by atoms with van der Waals surface area (Å²) in [6.45, 7) is 7.84. The van der Waals surface area contributed by atoms with Gasteiger partial charge in [-0.1, -0.05) is 34.1 Å². The first-order chi connectivity index (χ1) is 23.1. The molecule has 0 bridgehead atoms. The summed E-state index contributed by atoms with van der Waals surface area (Å²) in [5.74, 6) is -10.4. The third-order valence-electron chi connectivity index (χ3n) is 7.38. The summed E-state index contributed by atoms with van der Waals surface area (Å²) in [6.07, 6.45) is -2.93. The highest BCUT2D eigenvalue weighted by Crippen LogP contribution is 2.10. The number of nitrogens with one attached hydrogen (secondary N) is 6. The van der Waals surface area contributed by atoms with Crippen LogP contribution in [0.25, 0.3) is 0 Å². The Morgan fingerprint density at radius 3 is 1.58 bits per heavy atom. The van der Waals surface area contributed by atoms with Crippen LogP contribution in [0.1, 0.15) is 73.6 Å². The number of amides is 7. The molecule has 0 heterocycles. The summed E-state index contributed by atoms with van der Waals surface area (Å²) in [7, 11) is 0. The summed E-state index contributed by atoms with van der Waals surface area (Å²) < 4.78 is 0. The molecule has 0 saturated heterocycles. The molecule has 12 N–H and O–H groups in total. The van der Waals surface area contributed by atoms with Crippen LogP contribution in [0.15, 0.2) is 0 Å². The minimum absolute atomic E-state index is 0.0231. The third-order valence-corrected chi connectivity index (χ3v) is 7.38. The van der Waals surface area contributed by atoms with Gasteiger partial charge in [0.25, 0.3) is 0 Å². The molecule has 0 aliphatic carbocycles. The first-order valence-corrected chi connectivity index (χ1v) is 16.0. The number of carbonyl (C=O) groups excluding carboxylic acids is 7. The van der Waals surface area contributed by atoms with Crippen molar-refractivity contribution in [3.63, 3.8) is 0 Å². The number of primary amides is 1. The Morgan fingerprint density at radius 1 is 0.660 bits per heavy atom.